The molecule has 2 rings (SSSR count). The van der Waals surface area contributed by atoms with Crippen LogP contribution >= 0.6 is 11.6 Å². The molecule has 0 spiro atoms. The summed E-state index contributed by atoms with van der Waals surface area (Å²) >= 11 is 5.75. The zero-order chi connectivity index (χ0) is 14.9. The number of halogens is 1. The van der Waals surface area contributed by atoms with Crippen LogP contribution in [0.2, 0.25) is 5.02 Å². The van der Waals surface area contributed by atoms with Gasteiger partial charge in [-0.1, -0.05) is 11.6 Å². The smallest absolute Gasteiger partial charge is 0.337 e. The normalized spacial score (nSPS) is 16.8. The Kier molecular flexibility index (Phi) is 3.98. The van der Waals surface area contributed by atoms with E-state index in [-0.39, 0.29) is 41.0 Å². The summed E-state index contributed by atoms with van der Waals surface area (Å²) in [6, 6.07) is 3.37. The number of sulfonamides is 1. The van der Waals surface area contributed by atoms with Gasteiger partial charge in [0, 0.05) is 13.1 Å². The lowest BCUT2D eigenvalue weighted by atomic mass is 10.2. The Morgan fingerprint density at radius 3 is 2.65 bits per heavy atom. The molecule has 1 aromatic carbocycles. The molecule has 0 aromatic heterocycles. The first-order valence-corrected chi connectivity index (χ1v) is 7.44. The van der Waals surface area contributed by atoms with E-state index in [1.54, 1.807) is 0 Å². The van der Waals surface area contributed by atoms with E-state index < -0.39 is 16.0 Å². The van der Waals surface area contributed by atoms with E-state index in [0.29, 0.717) is 0 Å². The fourth-order valence-corrected chi connectivity index (χ4v) is 3.55. The molecule has 1 aromatic rings. The van der Waals surface area contributed by atoms with Gasteiger partial charge in [-0.15, -0.1) is 0 Å². The molecule has 0 radical (unpaired) electrons. The first kappa shape index (κ1) is 14.8. The third-order valence-electron chi connectivity index (χ3n) is 2.81. The number of piperazine rings is 1. The number of aromatic carboxylic acids is 1. The lowest BCUT2D eigenvalue weighted by Crippen LogP contribution is -2.49. The van der Waals surface area contributed by atoms with Gasteiger partial charge < -0.3 is 10.4 Å². The van der Waals surface area contributed by atoms with Gasteiger partial charge in [0.25, 0.3) is 0 Å². The maximum Gasteiger partial charge on any atom is 0.337 e. The molecular weight excluding hydrogens is 308 g/mol. The summed E-state index contributed by atoms with van der Waals surface area (Å²) in [5, 5.41) is 11.2. The van der Waals surface area contributed by atoms with Crippen LogP contribution in [0.3, 0.4) is 0 Å². The molecule has 108 valence electrons. The van der Waals surface area contributed by atoms with Crippen LogP contribution in [0.4, 0.5) is 0 Å². The number of amides is 1. The van der Waals surface area contributed by atoms with Crippen molar-refractivity contribution in [3.05, 3.63) is 28.8 Å². The van der Waals surface area contributed by atoms with E-state index in [2.05, 4.69) is 5.32 Å². The van der Waals surface area contributed by atoms with Crippen LogP contribution in [0.25, 0.3) is 0 Å². The fourth-order valence-electron chi connectivity index (χ4n) is 1.80. The highest BCUT2D eigenvalue weighted by Gasteiger charge is 2.29. The maximum atomic E-state index is 12.3. The Bertz CT molecular complexity index is 673. The van der Waals surface area contributed by atoms with E-state index in [4.69, 9.17) is 16.7 Å². The van der Waals surface area contributed by atoms with Gasteiger partial charge in [-0.3, -0.25) is 4.79 Å². The Balaban J connectivity index is 2.37. The average molecular weight is 319 g/mol. The zero-order valence-electron chi connectivity index (χ0n) is 10.2. The van der Waals surface area contributed by atoms with E-state index >= 15 is 0 Å². The van der Waals surface area contributed by atoms with Crippen LogP contribution in [0, 0.1) is 0 Å². The molecule has 1 aliphatic rings. The summed E-state index contributed by atoms with van der Waals surface area (Å²) in [6.45, 7) is 0.131. The molecule has 1 fully saturated rings. The molecular formula is C11H11ClN2O5S. The first-order chi connectivity index (χ1) is 9.32. The van der Waals surface area contributed by atoms with E-state index in [1.807, 2.05) is 0 Å². The Hall–Kier alpha value is -1.64. The van der Waals surface area contributed by atoms with Gasteiger partial charge in [-0.2, -0.15) is 4.31 Å². The minimum atomic E-state index is -3.86. The number of benzene rings is 1. The number of nitrogens with one attached hydrogen (secondary N) is 1. The number of rotatable bonds is 3. The van der Waals surface area contributed by atoms with Gasteiger partial charge in [-0.05, 0) is 18.2 Å². The highest BCUT2D eigenvalue weighted by molar-refractivity contribution is 7.89. The topological polar surface area (TPSA) is 104 Å². The molecule has 1 saturated heterocycles. The van der Waals surface area contributed by atoms with Crippen LogP contribution in [-0.2, 0) is 14.8 Å². The quantitative estimate of drug-likeness (QED) is 0.826. The second-order valence-corrected chi connectivity index (χ2v) is 6.48. The summed E-state index contributed by atoms with van der Waals surface area (Å²) < 4.78 is 25.6. The molecule has 1 aliphatic heterocycles. The molecule has 1 amide bonds. The number of carbonyl (C=O) groups excluding carboxylic acids is 1. The van der Waals surface area contributed by atoms with Crippen molar-refractivity contribution in [3.63, 3.8) is 0 Å². The van der Waals surface area contributed by atoms with Crippen LogP contribution in [0.5, 0.6) is 0 Å². The van der Waals surface area contributed by atoms with Crippen molar-refractivity contribution in [2.24, 2.45) is 0 Å². The average Bonchev–Trinajstić information content (AvgIpc) is 2.38. The summed E-state index contributed by atoms with van der Waals surface area (Å²) in [5.74, 6) is -1.62. The summed E-state index contributed by atoms with van der Waals surface area (Å²) in [4.78, 5) is 21.9. The second-order valence-electron chi connectivity index (χ2n) is 4.14. The van der Waals surface area contributed by atoms with Crippen molar-refractivity contribution in [1.82, 2.24) is 9.62 Å². The van der Waals surface area contributed by atoms with Crippen molar-refractivity contribution >= 4 is 33.5 Å². The molecule has 2 N–H and O–H groups in total. The second kappa shape index (κ2) is 5.39. The van der Waals surface area contributed by atoms with Crippen LogP contribution in [-0.4, -0.2) is 49.3 Å². The number of hydrogen-bond acceptors (Lipinski definition) is 4. The number of carboxylic acids is 1. The van der Waals surface area contributed by atoms with E-state index in [9.17, 15) is 18.0 Å². The van der Waals surface area contributed by atoms with E-state index in [1.165, 1.54) is 0 Å². The van der Waals surface area contributed by atoms with Crippen molar-refractivity contribution in [1.29, 1.82) is 0 Å². The Labute approximate surface area is 120 Å². The molecule has 0 atom stereocenters. The van der Waals surface area contributed by atoms with Gasteiger partial charge in [0.05, 0.1) is 22.0 Å². The number of carbonyl (C=O) groups is 2. The Morgan fingerprint density at radius 2 is 2.10 bits per heavy atom. The van der Waals surface area contributed by atoms with Crippen LogP contribution in [0.15, 0.2) is 23.1 Å². The minimum Gasteiger partial charge on any atom is -0.478 e. The van der Waals surface area contributed by atoms with Crippen LogP contribution < -0.4 is 5.32 Å². The summed E-state index contributed by atoms with van der Waals surface area (Å²) in [6.07, 6.45) is 0. The van der Waals surface area contributed by atoms with Gasteiger partial charge in [0.15, 0.2) is 0 Å². The van der Waals surface area contributed by atoms with Crippen LogP contribution in [0.1, 0.15) is 10.4 Å². The summed E-state index contributed by atoms with van der Waals surface area (Å²) in [5.41, 5.74) is -0.179. The van der Waals surface area contributed by atoms with Crippen molar-refractivity contribution in [2.45, 2.75) is 4.90 Å². The standard InChI is InChI=1S/C11H11ClN2O5S/c12-9-5-7(1-2-8(9)11(16)17)20(18,19)14-4-3-13-10(15)6-14/h1-2,5H,3-4,6H2,(H,13,15)(H,16,17). The molecule has 0 bridgehead atoms. The van der Waals surface area contributed by atoms with Gasteiger partial charge >= 0.3 is 5.97 Å². The monoisotopic (exact) mass is 318 g/mol. The minimum absolute atomic E-state index is 0.137. The Morgan fingerprint density at radius 1 is 1.40 bits per heavy atom. The molecule has 0 saturated carbocycles. The van der Waals surface area contributed by atoms with Crippen molar-refractivity contribution in [2.75, 3.05) is 19.6 Å². The molecule has 0 aliphatic carbocycles. The largest absolute Gasteiger partial charge is 0.478 e. The highest BCUT2D eigenvalue weighted by atomic mass is 35.5. The first-order valence-electron chi connectivity index (χ1n) is 5.62. The van der Waals surface area contributed by atoms with E-state index in [0.717, 1.165) is 22.5 Å². The molecule has 1 heterocycles. The van der Waals surface area contributed by atoms with Gasteiger partial charge in [-0.25, -0.2) is 13.2 Å². The lowest BCUT2D eigenvalue weighted by Gasteiger charge is -2.26. The molecule has 9 heteroatoms. The lowest BCUT2D eigenvalue weighted by molar-refractivity contribution is -0.122. The molecule has 0 unspecified atom stereocenters. The fraction of sp³-hybridized carbons (Fsp3) is 0.273. The maximum absolute atomic E-state index is 12.3. The SMILES string of the molecule is O=C1CN(S(=O)(=O)c2ccc(C(=O)O)c(Cl)c2)CCN1. The van der Waals surface area contributed by atoms with Gasteiger partial charge in [0.1, 0.15) is 0 Å². The number of nitrogens with zero attached hydrogens (tertiary/aromatic N) is 1. The predicted octanol–water partition coefficient (Wildman–Crippen LogP) is 0.159. The van der Waals surface area contributed by atoms with Crippen molar-refractivity contribution < 1.29 is 23.1 Å². The van der Waals surface area contributed by atoms with Crippen molar-refractivity contribution in [3.8, 4) is 0 Å². The number of carboxylic acid groups (broad SMARTS) is 1. The summed E-state index contributed by atoms with van der Waals surface area (Å²) in [7, 11) is -3.86. The zero-order valence-corrected chi connectivity index (χ0v) is 11.7. The highest BCUT2D eigenvalue weighted by Crippen LogP contribution is 2.23. The molecule has 20 heavy (non-hydrogen) atoms. The third kappa shape index (κ3) is 2.77. The number of hydrogen-bond donors (Lipinski definition) is 2. The predicted molar refractivity (Wildman–Crippen MR) is 70.2 cm³/mol. The third-order valence-corrected chi connectivity index (χ3v) is 4.97. The molecule has 7 nitrogen and oxygen atoms in total. The van der Waals surface area contributed by atoms with Gasteiger partial charge in [0.2, 0.25) is 15.9 Å².